The Kier molecular flexibility index (Phi) is 4.41. The van der Waals surface area contributed by atoms with Gasteiger partial charge in [-0.05, 0) is 42.7 Å². The molecule has 0 aliphatic heterocycles. The van der Waals surface area contributed by atoms with Crippen molar-refractivity contribution in [3.63, 3.8) is 0 Å². The van der Waals surface area contributed by atoms with Gasteiger partial charge in [0.15, 0.2) is 0 Å². The fourth-order valence-corrected chi connectivity index (χ4v) is 2.53. The van der Waals surface area contributed by atoms with Crippen molar-refractivity contribution in [1.29, 1.82) is 0 Å². The lowest BCUT2D eigenvalue weighted by Gasteiger charge is -2.11. The molecule has 0 N–H and O–H groups in total. The molecule has 1 nitrogen and oxygen atoms in total. The largest absolute Gasteiger partial charge is 0.261 e. The minimum Gasteiger partial charge on any atom is -0.261 e. The lowest BCUT2D eigenvalue weighted by atomic mass is 10.1. The Balaban J connectivity index is 2.13. The number of alkyl halides is 1. The van der Waals surface area contributed by atoms with Crippen molar-refractivity contribution in [3.05, 3.63) is 63.9 Å². The van der Waals surface area contributed by atoms with Crippen LogP contribution in [-0.4, -0.2) is 4.98 Å². The summed E-state index contributed by atoms with van der Waals surface area (Å²) in [5.41, 5.74) is 4.56. The van der Waals surface area contributed by atoms with Gasteiger partial charge in [0.25, 0.3) is 0 Å². The molecule has 0 aliphatic rings. The maximum atomic E-state index is 6.15. The fourth-order valence-electron chi connectivity index (χ4n) is 1.72. The van der Waals surface area contributed by atoms with E-state index in [2.05, 4.69) is 45.2 Å². The summed E-state index contributed by atoms with van der Waals surface area (Å²) in [6, 6.07) is 10.3. The molecule has 18 heavy (non-hydrogen) atoms. The quantitative estimate of drug-likeness (QED) is 0.722. The van der Waals surface area contributed by atoms with Crippen molar-refractivity contribution in [2.24, 2.45) is 0 Å². The van der Waals surface area contributed by atoms with Crippen LogP contribution in [0.4, 0.5) is 0 Å². The normalized spacial score (nSPS) is 12.4. The van der Waals surface area contributed by atoms with Gasteiger partial charge in [0, 0.05) is 28.2 Å². The standard InChI is InChI=1S/C15H15BrClN/c1-10-3-6-13(18-9-10)8-14(16)12-5-4-11(2)15(17)7-12/h3-7,9,14H,8H2,1-2H3. The van der Waals surface area contributed by atoms with Crippen molar-refractivity contribution in [2.45, 2.75) is 25.1 Å². The van der Waals surface area contributed by atoms with E-state index in [-0.39, 0.29) is 4.83 Å². The van der Waals surface area contributed by atoms with Crippen LogP contribution < -0.4 is 0 Å². The highest BCUT2D eigenvalue weighted by molar-refractivity contribution is 9.09. The lowest BCUT2D eigenvalue weighted by Crippen LogP contribution is -1.98. The molecular weight excluding hydrogens is 310 g/mol. The van der Waals surface area contributed by atoms with Crippen molar-refractivity contribution < 1.29 is 0 Å². The summed E-state index contributed by atoms with van der Waals surface area (Å²) in [6.45, 7) is 4.05. The van der Waals surface area contributed by atoms with E-state index in [0.717, 1.165) is 22.7 Å². The number of hydrogen-bond donors (Lipinski definition) is 0. The molecule has 0 aliphatic carbocycles. The zero-order valence-electron chi connectivity index (χ0n) is 10.5. The second kappa shape index (κ2) is 5.85. The topological polar surface area (TPSA) is 12.9 Å². The van der Waals surface area contributed by atoms with E-state index in [1.165, 1.54) is 11.1 Å². The first-order valence-corrected chi connectivity index (χ1v) is 7.17. The molecule has 1 heterocycles. The Labute approximate surface area is 121 Å². The van der Waals surface area contributed by atoms with Crippen LogP contribution in [0.15, 0.2) is 36.5 Å². The van der Waals surface area contributed by atoms with E-state index in [0.29, 0.717) is 0 Å². The minimum absolute atomic E-state index is 0.241. The van der Waals surface area contributed by atoms with Gasteiger partial charge in [-0.15, -0.1) is 0 Å². The molecule has 1 unspecified atom stereocenters. The van der Waals surface area contributed by atoms with Crippen molar-refractivity contribution in [1.82, 2.24) is 4.98 Å². The van der Waals surface area contributed by atoms with Crippen LogP contribution in [0, 0.1) is 13.8 Å². The van der Waals surface area contributed by atoms with Crippen molar-refractivity contribution in [3.8, 4) is 0 Å². The summed E-state index contributed by atoms with van der Waals surface area (Å²) in [6.07, 6.45) is 2.76. The smallest absolute Gasteiger partial charge is 0.0451 e. The zero-order valence-corrected chi connectivity index (χ0v) is 12.8. The second-order valence-corrected chi connectivity index (χ2v) is 6.02. The average molecular weight is 325 g/mol. The van der Waals surface area contributed by atoms with Crippen LogP contribution in [0.5, 0.6) is 0 Å². The highest BCUT2D eigenvalue weighted by atomic mass is 79.9. The number of pyridine rings is 1. The third-order valence-corrected chi connectivity index (χ3v) is 4.18. The molecule has 2 rings (SSSR count). The summed E-state index contributed by atoms with van der Waals surface area (Å²) in [5.74, 6) is 0. The van der Waals surface area contributed by atoms with Crippen LogP contribution >= 0.6 is 27.5 Å². The van der Waals surface area contributed by atoms with Gasteiger partial charge in [0.2, 0.25) is 0 Å². The van der Waals surface area contributed by atoms with Crippen LogP contribution in [0.2, 0.25) is 5.02 Å². The molecule has 0 spiro atoms. The molecule has 94 valence electrons. The van der Waals surface area contributed by atoms with Crippen molar-refractivity contribution in [2.75, 3.05) is 0 Å². The molecule has 1 aromatic carbocycles. The van der Waals surface area contributed by atoms with Gasteiger partial charge in [0.1, 0.15) is 0 Å². The van der Waals surface area contributed by atoms with Gasteiger partial charge in [-0.1, -0.05) is 45.7 Å². The maximum Gasteiger partial charge on any atom is 0.0451 e. The average Bonchev–Trinajstić information content (AvgIpc) is 2.35. The summed E-state index contributed by atoms with van der Waals surface area (Å²) in [4.78, 5) is 4.66. The second-order valence-electron chi connectivity index (χ2n) is 4.51. The van der Waals surface area contributed by atoms with E-state index < -0.39 is 0 Å². The molecule has 0 bridgehead atoms. The predicted octanol–water partition coefficient (Wildman–Crippen LogP) is 5.03. The van der Waals surface area contributed by atoms with Crippen LogP contribution in [0.1, 0.15) is 27.2 Å². The molecule has 2 aromatic rings. The summed E-state index contributed by atoms with van der Waals surface area (Å²) < 4.78 is 0. The Morgan fingerprint density at radius 3 is 2.61 bits per heavy atom. The Morgan fingerprint density at radius 2 is 2.00 bits per heavy atom. The Morgan fingerprint density at radius 1 is 1.22 bits per heavy atom. The minimum atomic E-state index is 0.241. The van der Waals surface area contributed by atoms with Gasteiger partial charge in [-0.25, -0.2) is 0 Å². The zero-order chi connectivity index (χ0) is 13.1. The number of aromatic nitrogens is 1. The summed E-state index contributed by atoms with van der Waals surface area (Å²) in [5, 5.41) is 0.814. The number of nitrogens with zero attached hydrogens (tertiary/aromatic N) is 1. The van der Waals surface area contributed by atoms with Crippen molar-refractivity contribution >= 4 is 27.5 Å². The monoisotopic (exact) mass is 323 g/mol. The molecule has 3 heteroatoms. The number of hydrogen-bond acceptors (Lipinski definition) is 1. The van der Waals surface area contributed by atoms with Crippen LogP contribution in [0.25, 0.3) is 0 Å². The summed E-state index contributed by atoms with van der Waals surface area (Å²) in [7, 11) is 0. The first-order chi connectivity index (χ1) is 8.56. The molecule has 0 saturated heterocycles. The number of rotatable bonds is 3. The highest BCUT2D eigenvalue weighted by Crippen LogP contribution is 2.29. The fraction of sp³-hybridized carbons (Fsp3) is 0.267. The van der Waals surface area contributed by atoms with E-state index >= 15 is 0 Å². The Bertz CT molecular complexity index is 537. The molecule has 0 saturated carbocycles. The third-order valence-electron chi connectivity index (χ3n) is 2.92. The van der Waals surface area contributed by atoms with Gasteiger partial charge >= 0.3 is 0 Å². The van der Waals surface area contributed by atoms with E-state index in [4.69, 9.17) is 11.6 Å². The maximum absolute atomic E-state index is 6.15. The number of halogens is 2. The third kappa shape index (κ3) is 3.33. The van der Waals surface area contributed by atoms with Gasteiger partial charge < -0.3 is 0 Å². The molecular formula is C15H15BrClN. The van der Waals surface area contributed by atoms with Crippen LogP contribution in [-0.2, 0) is 6.42 Å². The van der Waals surface area contributed by atoms with E-state index in [9.17, 15) is 0 Å². The number of aryl methyl sites for hydroxylation is 2. The molecule has 0 amide bonds. The van der Waals surface area contributed by atoms with E-state index in [1.54, 1.807) is 0 Å². The van der Waals surface area contributed by atoms with Gasteiger partial charge in [-0.3, -0.25) is 4.98 Å². The predicted molar refractivity (Wildman–Crippen MR) is 80.5 cm³/mol. The Hall–Kier alpha value is -0.860. The first kappa shape index (κ1) is 13.6. The highest BCUT2D eigenvalue weighted by Gasteiger charge is 2.10. The van der Waals surface area contributed by atoms with E-state index in [1.807, 2.05) is 26.1 Å². The number of benzene rings is 1. The van der Waals surface area contributed by atoms with Gasteiger partial charge in [0.05, 0.1) is 0 Å². The first-order valence-electron chi connectivity index (χ1n) is 5.88. The summed E-state index contributed by atoms with van der Waals surface area (Å²) >= 11 is 9.85. The molecule has 0 radical (unpaired) electrons. The molecule has 0 fully saturated rings. The van der Waals surface area contributed by atoms with Crippen LogP contribution in [0.3, 0.4) is 0 Å². The molecule has 1 atom stereocenters. The van der Waals surface area contributed by atoms with Gasteiger partial charge in [-0.2, -0.15) is 0 Å². The SMILES string of the molecule is Cc1ccc(CC(Br)c2ccc(C)c(Cl)c2)nc1. The molecule has 1 aromatic heterocycles. The lowest BCUT2D eigenvalue weighted by molar-refractivity contribution is 0.901.